The van der Waals surface area contributed by atoms with E-state index in [0.29, 0.717) is 13.0 Å². The lowest BCUT2D eigenvalue weighted by molar-refractivity contribution is -0.118. The van der Waals surface area contributed by atoms with Crippen LogP contribution in [0.1, 0.15) is 12.5 Å². The molecule has 2 aromatic carbocycles. The highest BCUT2D eigenvalue weighted by Gasteiger charge is 2.08. The van der Waals surface area contributed by atoms with E-state index >= 15 is 0 Å². The van der Waals surface area contributed by atoms with Crippen LogP contribution in [0.5, 0.6) is 11.5 Å². The molecule has 0 unspecified atom stereocenters. The van der Waals surface area contributed by atoms with Gasteiger partial charge in [0.1, 0.15) is 11.5 Å². The summed E-state index contributed by atoms with van der Waals surface area (Å²) in [5.41, 5.74) is 2.98. The number of methoxy groups -OCH3 is 1. The Bertz CT molecular complexity index is 638. The molecule has 0 atom stereocenters. The Labute approximate surface area is 124 Å². The summed E-state index contributed by atoms with van der Waals surface area (Å²) < 4.78 is 5.24. The minimum atomic E-state index is -0.0447. The number of benzene rings is 2. The van der Waals surface area contributed by atoms with E-state index in [-0.39, 0.29) is 11.7 Å². The van der Waals surface area contributed by atoms with Gasteiger partial charge in [-0.15, -0.1) is 0 Å². The van der Waals surface area contributed by atoms with E-state index in [9.17, 15) is 9.90 Å². The Morgan fingerprint density at radius 2 is 2.05 bits per heavy atom. The Morgan fingerprint density at radius 3 is 2.76 bits per heavy atom. The van der Waals surface area contributed by atoms with E-state index in [0.717, 1.165) is 22.4 Å². The minimum Gasteiger partial charge on any atom is -0.508 e. The van der Waals surface area contributed by atoms with Crippen molar-refractivity contribution in [3.63, 3.8) is 0 Å². The second-order valence-electron chi connectivity index (χ2n) is 4.81. The van der Waals surface area contributed by atoms with Crippen molar-refractivity contribution >= 4 is 5.91 Å². The quantitative estimate of drug-likeness (QED) is 0.888. The van der Waals surface area contributed by atoms with Crippen LogP contribution in [-0.2, 0) is 11.2 Å². The number of rotatable bonds is 5. The number of aromatic hydroxyl groups is 1. The summed E-state index contributed by atoms with van der Waals surface area (Å²) in [4.78, 5) is 11.0. The van der Waals surface area contributed by atoms with Crippen molar-refractivity contribution < 1.29 is 14.6 Å². The van der Waals surface area contributed by atoms with Crippen molar-refractivity contribution in [1.29, 1.82) is 0 Å². The molecular formula is C17H19NO3. The van der Waals surface area contributed by atoms with Gasteiger partial charge < -0.3 is 15.2 Å². The monoisotopic (exact) mass is 285 g/mol. The Morgan fingerprint density at radius 1 is 1.24 bits per heavy atom. The van der Waals surface area contributed by atoms with E-state index in [2.05, 4.69) is 5.32 Å². The number of amides is 1. The van der Waals surface area contributed by atoms with Gasteiger partial charge in [0.25, 0.3) is 0 Å². The second kappa shape index (κ2) is 6.79. The third-order valence-electron chi connectivity index (χ3n) is 3.24. The number of hydrogen-bond acceptors (Lipinski definition) is 3. The van der Waals surface area contributed by atoms with Crippen LogP contribution in [-0.4, -0.2) is 24.7 Å². The topological polar surface area (TPSA) is 58.6 Å². The zero-order chi connectivity index (χ0) is 15.2. The fourth-order valence-corrected chi connectivity index (χ4v) is 2.21. The zero-order valence-corrected chi connectivity index (χ0v) is 12.2. The van der Waals surface area contributed by atoms with Crippen LogP contribution in [0, 0.1) is 0 Å². The van der Waals surface area contributed by atoms with E-state index in [1.165, 1.54) is 6.92 Å². The van der Waals surface area contributed by atoms with Gasteiger partial charge in [0.05, 0.1) is 7.11 Å². The number of nitrogens with one attached hydrogen (secondary N) is 1. The van der Waals surface area contributed by atoms with Crippen LogP contribution in [0.25, 0.3) is 11.1 Å². The molecular weight excluding hydrogens is 266 g/mol. The molecule has 0 aliphatic heterocycles. The maximum absolute atomic E-state index is 11.0. The highest BCUT2D eigenvalue weighted by atomic mass is 16.5. The first-order valence-electron chi connectivity index (χ1n) is 6.81. The summed E-state index contributed by atoms with van der Waals surface area (Å²) in [5, 5.41) is 12.5. The molecule has 0 heterocycles. The molecule has 0 saturated carbocycles. The molecule has 0 saturated heterocycles. The van der Waals surface area contributed by atoms with Gasteiger partial charge in [-0.25, -0.2) is 0 Å². The number of hydrogen-bond donors (Lipinski definition) is 2. The Balaban J connectivity index is 2.31. The molecule has 4 heteroatoms. The molecule has 2 rings (SSSR count). The first-order chi connectivity index (χ1) is 10.1. The SMILES string of the molecule is COc1cccc(-c2cc(O)ccc2CCNC(C)=O)c1. The summed E-state index contributed by atoms with van der Waals surface area (Å²) in [6.45, 7) is 2.07. The number of carbonyl (C=O) groups excluding carboxylic acids is 1. The van der Waals surface area contributed by atoms with Crippen molar-refractivity contribution in [1.82, 2.24) is 5.32 Å². The number of carbonyl (C=O) groups is 1. The first-order valence-corrected chi connectivity index (χ1v) is 6.81. The predicted octanol–water partition coefficient (Wildman–Crippen LogP) is 2.75. The van der Waals surface area contributed by atoms with Gasteiger partial charge >= 0.3 is 0 Å². The van der Waals surface area contributed by atoms with Crippen LogP contribution in [0.2, 0.25) is 0 Å². The molecule has 0 spiro atoms. The molecule has 0 fully saturated rings. The molecule has 2 aromatic rings. The standard InChI is InChI=1S/C17H19NO3/c1-12(19)18-9-8-13-6-7-15(20)11-17(13)14-4-3-5-16(10-14)21-2/h3-7,10-11,20H,8-9H2,1-2H3,(H,18,19). The summed E-state index contributed by atoms with van der Waals surface area (Å²) in [5.74, 6) is 0.941. The van der Waals surface area contributed by atoms with Crippen molar-refractivity contribution in [3.05, 3.63) is 48.0 Å². The van der Waals surface area contributed by atoms with Gasteiger partial charge in [0.15, 0.2) is 0 Å². The molecule has 0 aliphatic carbocycles. The molecule has 0 radical (unpaired) electrons. The van der Waals surface area contributed by atoms with Gasteiger partial charge in [-0.3, -0.25) is 4.79 Å². The molecule has 0 aliphatic rings. The third kappa shape index (κ3) is 3.99. The lowest BCUT2D eigenvalue weighted by Gasteiger charge is -2.12. The molecule has 0 bridgehead atoms. The maximum Gasteiger partial charge on any atom is 0.216 e. The van der Waals surface area contributed by atoms with E-state index in [1.807, 2.05) is 30.3 Å². The fourth-order valence-electron chi connectivity index (χ4n) is 2.21. The lowest BCUT2D eigenvalue weighted by Crippen LogP contribution is -2.22. The number of ether oxygens (including phenoxy) is 1. The van der Waals surface area contributed by atoms with Gasteiger partial charge in [0.2, 0.25) is 5.91 Å². The highest BCUT2D eigenvalue weighted by molar-refractivity contribution is 5.73. The summed E-state index contributed by atoms with van der Waals surface area (Å²) in [6.07, 6.45) is 0.701. The predicted molar refractivity (Wildman–Crippen MR) is 82.5 cm³/mol. The number of phenols is 1. The summed E-state index contributed by atoms with van der Waals surface area (Å²) in [6, 6.07) is 13.0. The average Bonchev–Trinajstić information content (AvgIpc) is 2.48. The van der Waals surface area contributed by atoms with Crippen LogP contribution in [0.4, 0.5) is 0 Å². The van der Waals surface area contributed by atoms with Crippen LogP contribution in [0.3, 0.4) is 0 Å². The van der Waals surface area contributed by atoms with Gasteiger partial charge in [-0.2, -0.15) is 0 Å². The van der Waals surface area contributed by atoms with Crippen LogP contribution < -0.4 is 10.1 Å². The molecule has 2 N–H and O–H groups in total. The Hall–Kier alpha value is -2.49. The second-order valence-corrected chi connectivity index (χ2v) is 4.81. The normalized spacial score (nSPS) is 10.2. The lowest BCUT2D eigenvalue weighted by atomic mass is 9.97. The molecule has 1 amide bonds. The third-order valence-corrected chi connectivity index (χ3v) is 3.24. The van der Waals surface area contributed by atoms with Gasteiger partial charge in [-0.1, -0.05) is 18.2 Å². The largest absolute Gasteiger partial charge is 0.508 e. The van der Waals surface area contributed by atoms with Crippen molar-refractivity contribution in [3.8, 4) is 22.6 Å². The zero-order valence-electron chi connectivity index (χ0n) is 12.2. The van der Waals surface area contributed by atoms with Gasteiger partial charge in [0, 0.05) is 13.5 Å². The van der Waals surface area contributed by atoms with E-state index in [1.54, 1.807) is 19.2 Å². The Kier molecular flexibility index (Phi) is 4.82. The molecule has 4 nitrogen and oxygen atoms in total. The molecule has 21 heavy (non-hydrogen) atoms. The van der Waals surface area contributed by atoms with E-state index in [4.69, 9.17) is 4.74 Å². The fraction of sp³-hybridized carbons (Fsp3) is 0.235. The molecule has 110 valence electrons. The minimum absolute atomic E-state index is 0.0447. The smallest absolute Gasteiger partial charge is 0.216 e. The van der Waals surface area contributed by atoms with Crippen molar-refractivity contribution in [2.75, 3.05) is 13.7 Å². The van der Waals surface area contributed by atoms with Crippen molar-refractivity contribution in [2.24, 2.45) is 0 Å². The number of phenolic OH excluding ortho intramolecular Hbond substituents is 1. The maximum atomic E-state index is 11.0. The molecule has 0 aromatic heterocycles. The van der Waals surface area contributed by atoms with Crippen LogP contribution in [0.15, 0.2) is 42.5 Å². The van der Waals surface area contributed by atoms with Crippen LogP contribution >= 0.6 is 0 Å². The summed E-state index contributed by atoms with van der Waals surface area (Å²) in [7, 11) is 1.62. The van der Waals surface area contributed by atoms with E-state index < -0.39 is 0 Å². The highest BCUT2D eigenvalue weighted by Crippen LogP contribution is 2.30. The van der Waals surface area contributed by atoms with Crippen molar-refractivity contribution in [2.45, 2.75) is 13.3 Å². The summed E-state index contributed by atoms with van der Waals surface area (Å²) >= 11 is 0. The average molecular weight is 285 g/mol. The van der Waals surface area contributed by atoms with Gasteiger partial charge in [-0.05, 0) is 47.4 Å². The first kappa shape index (κ1) is 14.9.